The summed E-state index contributed by atoms with van der Waals surface area (Å²) in [6.07, 6.45) is 2.74. The average molecular weight is 372 g/mol. The van der Waals surface area contributed by atoms with Gasteiger partial charge in [-0.05, 0) is 37.0 Å². The summed E-state index contributed by atoms with van der Waals surface area (Å²) in [5, 5.41) is 5.82. The molecule has 1 aromatic rings. The van der Waals surface area contributed by atoms with Crippen molar-refractivity contribution >= 4 is 23.4 Å². The normalized spacial score (nSPS) is 30.0. The Kier molecular flexibility index (Phi) is 3.72. The van der Waals surface area contributed by atoms with Crippen LogP contribution in [0.1, 0.15) is 41.6 Å². The highest BCUT2D eigenvalue weighted by Gasteiger charge is 2.41. The predicted octanol–water partition coefficient (Wildman–Crippen LogP) is 0.527. The molecule has 3 fully saturated rings. The lowest BCUT2D eigenvalue weighted by Crippen LogP contribution is -2.52. The van der Waals surface area contributed by atoms with Gasteiger partial charge >= 0.3 is 0 Å². The number of nitrogens with zero attached hydrogens (tertiary/aromatic N) is 2. The largest absolute Gasteiger partial charge is 0.368 e. The maximum atomic E-state index is 14.8. The van der Waals surface area contributed by atoms with Gasteiger partial charge in [0, 0.05) is 43.8 Å². The Hall–Kier alpha value is -2.48. The van der Waals surface area contributed by atoms with Gasteiger partial charge in [0.05, 0.1) is 5.56 Å². The van der Waals surface area contributed by atoms with Crippen LogP contribution in [-0.2, 0) is 16.1 Å². The van der Waals surface area contributed by atoms with Crippen molar-refractivity contribution < 1.29 is 18.8 Å². The molecule has 3 saturated heterocycles. The van der Waals surface area contributed by atoms with Crippen molar-refractivity contribution in [1.29, 1.82) is 0 Å². The van der Waals surface area contributed by atoms with Gasteiger partial charge in [-0.2, -0.15) is 0 Å². The van der Waals surface area contributed by atoms with Gasteiger partial charge in [-0.1, -0.05) is 0 Å². The van der Waals surface area contributed by atoms with E-state index in [4.69, 9.17) is 0 Å². The summed E-state index contributed by atoms with van der Waals surface area (Å²) in [4.78, 5) is 39.8. The van der Waals surface area contributed by atoms with E-state index in [1.165, 1.54) is 11.0 Å². The third kappa shape index (κ3) is 2.70. The van der Waals surface area contributed by atoms with E-state index in [2.05, 4.69) is 15.5 Å². The van der Waals surface area contributed by atoms with Gasteiger partial charge in [0.1, 0.15) is 11.9 Å². The number of carbonyl (C=O) groups excluding carboxylic acids is 3. The van der Waals surface area contributed by atoms with E-state index >= 15 is 0 Å². The number of imide groups is 1. The Bertz CT molecular complexity index is 846. The highest BCUT2D eigenvalue weighted by molar-refractivity contribution is 6.05. The molecular formula is C19H21FN4O3. The lowest BCUT2D eigenvalue weighted by Gasteiger charge is -2.34. The first kappa shape index (κ1) is 16.7. The quantitative estimate of drug-likeness (QED) is 0.740. The summed E-state index contributed by atoms with van der Waals surface area (Å²) in [6.45, 7) is 1.86. The molecule has 4 aliphatic heterocycles. The molecule has 0 saturated carbocycles. The van der Waals surface area contributed by atoms with Crippen LogP contribution in [-0.4, -0.2) is 53.8 Å². The fourth-order valence-electron chi connectivity index (χ4n) is 4.83. The van der Waals surface area contributed by atoms with Crippen LogP contribution >= 0.6 is 0 Å². The van der Waals surface area contributed by atoms with Crippen LogP contribution in [0.5, 0.6) is 0 Å². The number of benzene rings is 1. The summed E-state index contributed by atoms with van der Waals surface area (Å²) in [7, 11) is 0. The number of piperidine rings is 1. The molecule has 8 heteroatoms. The third-order valence-electron chi connectivity index (χ3n) is 6.14. The number of hydrogen-bond donors (Lipinski definition) is 2. The Labute approximate surface area is 155 Å². The lowest BCUT2D eigenvalue weighted by atomic mass is 10.0. The number of hydrogen-bond acceptors (Lipinski definition) is 5. The van der Waals surface area contributed by atoms with Crippen LogP contribution in [0.15, 0.2) is 12.1 Å². The van der Waals surface area contributed by atoms with Crippen molar-refractivity contribution in [2.24, 2.45) is 0 Å². The molecule has 5 rings (SSSR count). The van der Waals surface area contributed by atoms with Gasteiger partial charge < -0.3 is 15.1 Å². The number of piperazine rings is 1. The van der Waals surface area contributed by atoms with Crippen molar-refractivity contribution in [1.82, 2.24) is 15.5 Å². The average Bonchev–Trinajstić information content (AvgIpc) is 3.14. The highest BCUT2D eigenvalue weighted by Crippen LogP contribution is 2.34. The molecule has 4 heterocycles. The molecule has 3 unspecified atom stereocenters. The summed E-state index contributed by atoms with van der Waals surface area (Å²) in [5.74, 6) is -1.81. The minimum absolute atomic E-state index is 0.0570. The second kappa shape index (κ2) is 6.02. The fraction of sp³-hybridized carbons (Fsp3) is 0.526. The minimum atomic E-state index is -0.722. The second-order valence-corrected chi connectivity index (χ2v) is 7.90. The molecule has 4 aliphatic rings. The molecule has 7 nitrogen and oxygen atoms in total. The standard InChI is InChI=1S/C19H21FN4O3/c20-14-6-13(23-8-11-1-2-12(9-23)21-11)5-10-7-24(19(27)17(10)14)15-3-4-16(25)22-18(15)26/h5-6,11-12,15,21H,1-4,7-9H2,(H,22,25,26). The zero-order chi connectivity index (χ0) is 18.7. The van der Waals surface area contributed by atoms with Gasteiger partial charge in [-0.3, -0.25) is 19.7 Å². The van der Waals surface area contributed by atoms with Gasteiger partial charge in [0.2, 0.25) is 11.8 Å². The van der Waals surface area contributed by atoms with Gasteiger partial charge in [0.15, 0.2) is 0 Å². The van der Waals surface area contributed by atoms with E-state index in [0.29, 0.717) is 17.6 Å². The highest BCUT2D eigenvalue weighted by atomic mass is 19.1. The van der Waals surface area contributed by atoms with Crippen LogP contribution in [0.2, 0.25) is 0 Å². The SMILES string of the molecule is O=C1CCC(N2Cc3cc(N4CC5CCC(C4)N5)cc(F)c3C2=O)C(=O)N1. The van der Waals surface area contributed by atoms with Crippen molar-refractivity contribution in [2.45, 2.75) is 50.4 Å². The van der Waals surface area contributed by atoms with Crippen LogP contribution in [0, 0.1) is 5.82 Å². The van der Waals surface area contributed by atoms with Gasteiger partial charge in [-0.25, -0.2) is 4.39 Å². The van der Waals surface area contributed by atoms with Crippen molar-refractivity contribution in [3.63, 3.8) is 0 Å². The monoisotopic (exact) mass is 372 g/mol. The number of fused-ring (bicyclic) bond motifs is 3. The molecule has 3 atom stereocenters. The first-order valence-corrected chi connectivity index (χ1v) is 9.47. The zero-order valence-corrected chi connectivity index (χ0v) is 14.8. The third-order valence-corrected chi connectivity index (χ3v) is 6.14. The van der Waals surface area contributed by atoms with E-state index in [9.17, 15) is 18.8 Å². The molecule has 3 amide bonds. The van der Waals surface area contributed by atoms with Crippen molar-refractivity contribution in [2.75, 3.05) is 18.0 Å². The summed E-state index contributed by atoms with van der Waals surface area (Å²) < 4.78 is 14.8. The molecule has 0 aliphatic carbocycles. The molecule has 1 aromatic carbocycles. The van der Waals surface area contributed by atoms with Crippen molar-refractivity contribution in [3.05, 3.63) is 29.1 Å². The summed E-state index contributed by atoms with van der Waals surface area (Å²) in [5.41, 5.74) is 1.47. The van der Waals surface area contributed by atoms with E-state index < -0.39 is 23.7 Å². The second-order valence-electron chi connectivity index (χ2n) is 7.90. The van der Waals surface area contributed by atoms with Gasteiger partial charge in [-0.15, -0.1) is 0 Å². The van der Waals surface area contributed by atoms with E-state index in [1.54, 1.807) is 0 Å². The number of amides is 3. The molecule has 0 spiro atoms. The first-order chi connectivity index (χ1) is 13.0. The fourth-order valence-corrected chi connectivity index (χ4v) is 4.83. The van der Waals surface area contributed by atoms with E-state index in [1.807, 2.05) is 6.07 Å². The topological polar surface area (TPSA) is 81.8 Å². The Morgan fingerprint density at radius 3 is 2.48 bits per heavy atom. The Morgan fingerprint density at radius 1 is 1.04 bits per heavy atom. The Morgan fingerprint density at radius 2 is 1.78 bits per heavy atom. The smallest absolute Gasteiger partial charge is 0.258 e. The van der Waals surface area contributed by atoms with Crippen molar-refractivity contribution in [3.8, 4) is 0 Å². The maximum absolute atomic E-state index is 14.8. The Balaban J connectivity index is 1.42. The molecule has 2 N–H and O–H groups in total. The first-order valence-electron chi connectivity index (χ1n) is 9.47. The van der Waals surface area contributed by atoms with Crippen LogP contribution in [0.25, 0.3) is 0 Å². The van der Waals surface area contributed by atoms with Crippen LogP contribution in [0.4, 0.5) is 10.1 Å². The maximum Gasteiger partial charge on any atom is 0.258 e. The predicted molar refractivity (Wildman–Crippen MR) is 94.6 cm³/mol. The summed E-state index contributed by atoms with van der Waals surface area (Å²) in [6, 6.07) is 3.46. The number of anilines is 1. The molecule has 0 radical (unpaired) electrons. The molecule has 0 aromatic heterocycles. The summed E-state index contributed by atoms with van der Waals surface area (Å²) >= 11 is 0. The van der Waals surface area contributed by atoms with Gasteiger partial charge in [0.25, 0.3) is 5.91 Å². The number of rotatable bonds is 2. The lowest BCUT2D eigenvalue weighted by molar-refractivity contribution is -0.136. The van der Waals surface area contributed by atoms with E-state index in [0.717, 1.165) is 31.6 Å². The van der Waals surface area contributed by atoms with Crippen LogP contribution in [0.3, 0.4) is 0 Å². The number of halogens is 1. The molecule has 142 valence electrons. The van der Waals surface area contributed by atoms with Crippen LogP contribution < -0.4 is 15.5 Å². The number of carbonyl (C=O) groups is 3. The number of nitrogens with one attached hydrogen (secondary N) is 2. The molecular weight excluding hydrogens is 351 g/mol. The molecule has 2 bridgehead atoms. The zero-order valence-electron chi connectivity index (χ0n) is 14.8. The van der Waals surface area contributed by atoms with E-state index in [-0.39, 0.29) is 30.9 Å². The minimum Gasteiger partial charge on any atom is -0.368 e. The molecule has 27 heavy (non-hydrogen) atoms.